The predicted octanol–water partition coefficient (Wildman–Crippen LogP) is 3.74. The van der Waals surface area contributed by atoms with Crippen molar-refractivity contribution in [1.29, 1.82) is 0 Å². The molecule has 0 aromatic heterocycles. The summed E-state index contributed by atoms with van der Waals surface area (Å²) in [5.74, 6) is 0.591. The van der Waals surface area contributed by atoms with Crippen LogP contribution in [0.4, 0.5) is 0 Å². The molecule has 0 spiro atoms. The van der Waals surface area contributed by atoms with Gasteiger partial charge in [-0.2, -0.15) is 0 Å². The molecule has 16 heavy (non-hydrogen) atoms. The molecule has 0 heterocycles. The van der Waals surface area contributed by atoms with Gasteiger partial charge >= 0.3 is 0 Å². The van der Waals surface area contributed by atoms with Crippen molar-refractivity contribution < 1.29 is 5.11 Å². The van der Waals surface area contributed by atoms with Crippen molar-refractivity contribution in [3.05, 3.63) is 34.3 Å². The molecule has 1 aromatic rings. The zero-order valence-corrected chi connectivity index (χ0v) is 10.5. The van der Waals surface area contributed by atoms with Crippen molar-refractivity contribution in [1.82, 2.24) is 0 Å². The molecule has 2 rings (SSSR count). The van der Waals surface area contributed by atoms with Crippen LogP contribution in [0.1, 0.15) is 36.8 Å². The zero-order chi connectivity index (χ0) is 11.5. The fourth-order valence-corrected chi connectivity index (χ4v) is 2.40. The highest BCUT2D eigenvalue weighted by Gasteiger charge is 2.28. The Balaban J connectivity index is 1.80. The highest BCUT2D eigenvalue weighted by molar-refractivity contribution is 6.31. The first kappa shape index (κ1) is 11.9. The zero-order valence-electron chi connectivity index (χ0n) is 9.75. The Morgan fingerprint density at radius 3 is 2.81 bits per heavy atom. The number of aliphatic hydroxyl groups is 1. The summed E-state index contributed by atoms with van der Waals surface area (Å²) in [5.41, 5.74) is 2.40. The van der Waals surface area contributed by atoms with E-state index in [9.17, 15) is 5.11 Å². The van der Waals surface area contributed by atoms with Gasteiger partial charge in [0.25, 0.3) is 0 Å². The Bertz CT molecular complexity index is 358. The maximum absolute atomic E-state index is 9.75. The summed E-state index contributed by atoms with van der Waals surface area (Å²) >= 11 is 6.16. The van der Waals surface area contributed by atoms with E-state index in [0.717, 1.165) is 24.3 Å². The van der Waals surface area contributed by atoms with Crippen LogP contribution in [-0.4, -0.2) is 11.2 Å². The van der Waals surface area contributed by atoms with E-state index in [2.05, 4.69) is 12.1 Å². The van der Waals surface area contributed by atoms with E-state index in [1.807, 2.05) is 13.0 Å². The second-order valence-electron chi connectivity index (χ2n) is 4.89. The fourth-order valence-electron chi connectivity index (χ4n) is 2.07. The van der Waals surface area contributed by atoms with Crippen molar-refractivity contribution >= 4 is 11.6 Å². The molecule has 88 valence electrons. The van der Waals surface area contributed by atoms with Gasteiger partial charge in [-0.25, -0.2) is 0 Å². The largest absolute Gasteiger partial charge is 0.393 e. The summed E-state index contributed by atoms with van der Waals surface area (Å²) in [6.45, 7) is 2.05. The third-order valence-electron chi connectivity index (χ3n) is 3.32. The summed E-state index contributed by atoms with van der Waals surface area (Å²) in [5, 5.41) is 10.6. The van der Waals surface area contributed by atoms with Gasteiger partial charge in [-0.05, 0) is 62.1 Å². The standard InChI is InChI=1S/C14H19ClO/c1-10-5-6-11(13(15)9-10)3-2-4-14(16)12-7-8-12/h5-6,9,12,14,16H,2-4,7-8H2,1H3. The Kier molecular flexibility index (Phi) is 3.88. The fraction of sp³-hybridized carbons (Fsp3) is 0.571. The van der Waals surface area contributed by atoms with E-state index >= 15 is 0 Å². The van der Waals surface area contributed by atoms with Gasteiger partial charge in [0.1, 0.15) is 0 Å². The van der Waals surface area contributed by atoms with Gasteiger partial charge in [-0.1, -0.05) is 23.7 Å². The summed E-state index contributed by atoms with van der Waals surface area (Å²) < 4.78 is 0. The van der Waals surface area contributed by atoms with Crippen LogP contribution >= 0.6 is 11.6 Å². The maximum Gasteiger partial charge on any atom is 0.0568 e. The minimum Gasteiger partial charge on any atom is -0.393 e. The van der Waals surface area contributed by atoms with Crippen LogP contribution in [-0.2, 0) is 6.42 Å². The highest BCUT2D eigenvalue weighted by atomic mass is 35.5. The quantitative estimate of drug-likeness (QED) is 0.829. The smallest absolute Gasteiger partial charge is 0.0568 e. The molecular weight excluding hydrogens is 220 g/mol. The van der Waals surface area contributed by atoms with Crippen molar-refractivity contribution in [2.24, 2.45) is 5.92 Å². The maximum atomic E-state index is 9.75. The van der Waals surface area contributed by atoms with E-state index in [4.69, 9.17) is 11.6 Å². The molecule has 1 aliphatic carbocycles. The molecule has 1 aromatic carbocycles. The molecule has 1 N–H and O–H groups in total. The van der Waals surface area contributed by atoms with Crippen LogP contribution in [0.15, 0.2) is 18.2 Å². The number of benzene rings is 1. The van der Waals surface area contributed by atoms with Crippen LogP contribution in [0.5, 0.6) is 0 Å². The normalized spacial score (nSPS) is 17.4. The first-order chi connectivity index (χ1) is 7.66. The second-order valence-corrected chi connectivity index (χ2v) is 5.30. The number of hydrogen-bond donors (Lipinski definition) is 1. The molecule has 0 bridgehead atoms. The first-order valence-corrected chi connectivity index (χ1v) is 6.47. The number of halogens is 1. The molecule has 1 saturated carbocycles. The Morgan fingerprint density at radius 2 is 2.19 bits per heavy atom. The topological polar surface area (TPSA) is 20.2 Å². The molecule has 1 nitrogen and oxygen atoms in total. The highest BCUT2D eigenvalue weighted by Crippen LogP contribution is 2.34. The van der Waals surface area contributed by atoms with Crippen LogP contribution in [0, 0.1) is 12.8 Å². The van der Waals surface area contributed by atoms with E-state index in [1.54, 1.807) is 0 Å². The van der Waals surface area contributed by atoms with Gasteiger partial charge in [-0.15, -0.1) is 0 Å². The minimum atomic E-state index is -0.0794. The molecule has 1 atom stereocenters. The molecule has 0 amide bonds. The Morgan fingerprint density at radius 1 is 1.44 bits per heavy atom. The molecule has 1 unspecified atom stereocenters. The number of hydrogen-bond acceptors (Lipinski definition) is 1. The molecule has 0 aliphatic heterocycles. The van der Waals surface area contributed by atoms with Crippen LogP contribution in [0.3, 0.4) is 0 Å². The number of rotatable bonds is 5. The third-order valence-corrected chi connectivity index (χ3v) is 3.67. The van der Waals surface area contributed by atoms with Gasteiger partial charge in [0.05, 0.1) is 6.10 Å². The molecule has 1 aliphatic rings. The van der Waals surface area contributed by atoms with Gasteiger partial charge < -0.3 is 5.11 Å². The van der Waals surface area contributed by atoms with Gasteiger partial charge in [0.2, 0.25) is 0 Å². The lowest BCUT2D eigenvalue weighted by atomic mass is 10.0. The van der Waals surface area contributed by atoms with Crippen molar-refractivity contribution in [2.45, 2.75) is 45.1 Å². The van der Waals surface area contributed by atoms with Crippen LogP contribution in [0.25, 0.3) is 0 Å². The van der Waals surface area contributed by atoms with E-state index in [0.29, 0.717) is 5.92 Å². The first-order valence-electron chi connectivity index (χ1n) is 6.10. The van der Waals surface area contributed by atoms with Gasteiger partial charge in [0, 0.05) is 5.02 Å². The van der Waals surface area contributed by atoms with Crippen molar-refractivity contribution in [3.63, 3.8) is 0 Å². The number of aryl methyl sites for hydroxylation is 2. The summed E-state index contributed by atoms with van der Waals surface area (Å²) in [6.07, 6.45) is 5.26. The van der Waals surface area contributed by atoms with E-state index < -0.39 is 0 Å². The average Bonchev–Trinajstić information content (AvgIpc) is 3.04. The van der Waals surface area contributed by atoms with Gasteiger partial charge in [-0.3, -0.25) is 0 Å². The summed E-state index contributed by atoms with van der Waals surface area (Å²) in [4.78, 5) is 0. The van der Waals surface area contributed by atoms with E-state index in [-0.39, 0.29) is 6.10 Å². The Hall–Kier alpha value is -0.530. The average molecular weight is 239 g/mol. The van der Waals surface area contributed by atoms with E-state index in [1.165, 1.54) is 24.0 Å². The lowest BCUT2D eigenvalue weighted by Gasteiger charge is -2.09. The van der Waals surface area contributed by atoms with Crippen LogP contribution < -0.4 is 0 Å². The molecule has 1 fully saturated rings. The minimum absolute atomic E-state index is 0.0794. The molecule has 0 radical (unpaired) electrons. The predicted molar refractivity (Wildman–Crippen MR) is 67.9 cm³/mol. The summed E-state index contributed by atoms with van der Waals surface area (Å²) in [6, 6.07) is 6.20. The monoisotopic (exact) mass is 238 g/mol. The molecule has 0 saturated heterocycles. The SMILES string of the molecule is Cc1ccc(CCCC(O)C2CC2)c(Cl)c1. The summed E-state index contributed by atoms with van der Waals surface area (Å²) in [7, 11) is 0. The third kappa shape index (κ3) is 3.23. The lowest BCUT2D eigenvalue weighted by molar-refractivity contribution is 0.139. The van der Waals surface area contributed by atoms with Crippen molar-refractivity contribution in [3.8, 4) is 0 Å². The van der Waals surface area contributed by atoms with Crippen LogP contribution in [0.2, 0.25) is 5.02 Å². The second kappa shape index (κ2) is 5.20. The van der Waals surface area contributed by atoms with Gasteiger partial charge in [0.15, 0.2) is 0 Å². The lowest BCUT2D eigenvalue weighted by Crippen LogP contribution is -2.09. The van der Waals surface area contributed by atoms with Crippen molar-refractivity contribution in [2.75, 3.05) is 0 Å². The molecule has 2 heteroatoms. The molecular formula is C14H19ClO. The Labute approximate surface area is 102 Å². The number of aliphatic hydroxyl groups excluding tert-OH is 1.